The van der Waals surface area contributed by atoms with Crippen molar-refractivity contribution in [3.63, 3.8) is 0 Å². The van der Waals surface area contributed by atoms with Crippen molar-refractivity contribution in [2.75, 3.05) is 7.11 Å². The van der Waals surface area contributed by atoms with Crippen molar-refractivity contribution in [3.05, 3.63) is 0 Å². The van der Waals surface area contributed by atoms with E-state index in [0.717, 1.165) is 0 Å². The van der Waals surface area contributed by atoms with E-state index in [4.69, 9.17) is 16.8 Å². The molecule has 0 aromatic rings. The van der Waals surface area contributed by atoms with Crippen LogP contribution < -0.4 is 0 Å². The van der Waals surface area contributed by atoms with Crippen LogP contribution in [0.4, 0.5) is 0 Å². The fourth-order valence-electron chi connectivity index (χ4n) is 1.87. The van der Waals surface area contributed by atoms with Crippen LogP contribution in [-0.4, -0.2) is 46.1 Å². The summed E-state index contributed by atoms with van der Waals surface area (Å²) >= 11 is 0. The summed E-state index contributed by atoms with van der Waals surface area (Å²) in [6.07, 6.45) is 0. The van der Waals surface area contributed by atoms with Gasteiger partial charge in [-0.2, -0.15) is 0 Å². The van der Waals surface area contributed by atoms with Crippen LogP contribution in [-0.2, 0) is 16.8 Å². The van der Waals surface area contributed by atoms with Gasteiger partial charge in [-0.3, -0.25) is 0 Å². The third-order valence-electron chi connectivity index (χ3n) is 1.97. The van der Waals surface area contributed by atoms with Gasteiger partial charge in [0.05, 0.1) is 0 Å². The number of rotatable bonds is 7. The van der Waals surface area contributed by atoms with Crippen LogP contribution in [0, 0.1) is 0 Å². The van der Waals surface area contributed by atoms with Crippen molar-refractivity contribution < 1.29 is 21.6 Å². The second-order valence-corrected chi connectivity index (χ2v) is 20.3. The van der Waals surface area contributed by atoms with Crippen LogP contribution in [0.3, 0.4) is 0 Å². The first-order valence-corrected chi connectivity index (χ1v) is 17.4. The molecule has 0 unspecified atom stereocenters. The molecule has 0 saturated carbocycles. The fourth-order valence-corrected chi connectivity index (χ4v) is 17.6. The summed E-state index contributed by atoms with van der Waals surface area (Å²) in [5.41, 5.74) is 0. The molecule has 0 saturated heterocycles. The molecule has 9 heteroatoms. The van der Waals surface area contributed by atoms with Gasteiger partial charge in [0.2, 0.25) is 0 Å². The minimum atomic E-state index is -2.58. The standard InChI is InChI=1S/C9H28O5Si4/c1-11-16(4,5)13-18(8,9)14-17(6,7)12-15(2,3)10/h10H,1-9H3. The Bertz CT molecular complexity index is 275. The zero-order valence-electron chi connectivity index (χ0n) is 13.1. The van der Waals surface area contributed by atoms with Gasteiger partial charge in [0, 0.05) is 7.11 Å². The lowest BCUT2D eigenvalue weighted by Gasteiger charge is -2.38. The Hall–Kier alpha value is 0.668. The quantitative estimate of drug-likeness (QED) is 0.728. The van der Waals surface area contributed by atoms with Gasteiger partial charge in [-0.1, -0.05) is 0 Å². The monoisotopic (exact) mass is 328 g/mol. The molecule has 0 rings (SSSR count). The van der Waals surface area contributed by atoms with Crippen LogP contribution in [0.1, 0.15) is 0 Å². The van der Waals surface area contributed by atoms with Crippen molar-refractivity contribution >= 4 is 34.2 Å². The van der Waals surface area contributed by atoms with Gasteiger partial charge in [0.15, 0.2) is 0 Å². The zero-order chi connectivity index (χ0) is 14.8. The third-order valence-corrected chi connectivity index (χ3v) is 14.8. The molecule has 110 valence electrons. The molecule has 18 heavy (non-hydrogen) atoms. The van der Waals surface area contributed by atoms with Gasteiger partial charge in [-0.05, 0) is 52.4 Å². The maximum Gasteiger partial charge on any atom is 0.322 e. The second-order valence-electron chi connectivity index (χ2n) is 6.16. The summed E-state index contributed by atoms with van der Waals surface area (Å²) < 4.78 is 23.3. The molecule has 0 bridgehead atoms. The van der Waals surface area contributed by atoms with Gasteiger partial charge < -0.3 is 21.6 Å². The Morgan fingerprint density at radius 1 is 0.611 bits per heavy atom. The summed E-state index contributed by atoms with van der Waals surface area (Å²) in [7, 11) is -7.71. The molecule has 0 atom stereocenters. The van der Waals surface area contributed by atoms with Crippen molar-refractivity contribution in [3.8, 4) is 0 Å². The fraction of sp³-hybridized carbons (Fsp3) is 1.00. The molecule has 1 N–H and O–H groups in total. The molecule has 0 aromatic carbocycles. The predicted molar refractivity (Wildman–Crippen MR) is 82.4 cm³/mol. The van der Waals surface area contributed by atoms with Gasteiger partial charge in [-0.25, -0.2) is 0 Å². The maximum absolute atomic E-state index is 9.86. The van der Waals surface area contributed by atoms with Crippen molar-refractivity contribution in [2.45, 2.75) is 52.4 Å². The van der Waals surface area contributed by atoms with Crippen LogP contribution in [0.25, 0.3) is 0 Å². The average molecular weight is 329 g/mol. The van der Waals surface area contributed by atoms with E-state index in [1.54, 1.807) is 20.2 Å². The van der Waals surface area contributed by atoms with Crippen molar-refractivity contribution in [1.82, 2.24) is 0 Å². The highest BCUT2D eigenvalue weighted by Crippen LogP contribution is 2.23. The van der Waals surface area contributed by atoms with Crippen LogP contribution in [0.2, 0.25) is 52.4 Å². The molecule has 0 amide bonds. The highest BCUT2D eigenvalue weighted by Gasteiger charge is 2.43. The first-order valence-electron chi connectivity index (χ1n) is 6.06. The number of hydrogen-bond donors (Lipinski definition) is 1. The topological polar surface area (TPSA) is 57.2 Å². The molecular formula is C9H28O5Si4. The minimum Gasteiger partial charge on any atom is -0.416 e. The van der Waals surface area contributed by atoms with Crippen LogP contribution >= 0.6 is 0 Å². The SMILES string of the molecule is CO[Si](C)(C)O[Si](C)(C)O[Si](C)(C)O[Si](C)(C)O. The molecular weight excluding hydrogens is 300 g/mol. The minimum absolute atomic E-state index is 1.67. The Morgan fingerprint density at radius 2 is 0.944 bits per heavy atom. The Labute approximate surface area is 115 Å². The lowest BCUT2D eigenvalue weighted by Crippen LogP contribution is -2.56. The molecule has 0 heterocycles. The van der Waals surface area contributed by atoms with Gasteiger partial charge >= 0.3 is 34.2 Å². The smallest absolute Gasteiger partial charge is 0.322 e. The molecule has 5 nitrogen and oxygen atoms in total. The summed E-state index contributed by atoms with van der Waals surface area (Å²) in [5.74, 6) is 0. The van der Waals surface area contributed by atoms with E-state index in [2.05, 4.69) is 0 Å². The first kappa shape index (κ1) is 18.7. The predicted octanol–water partition coefficient (Wildman–Crippen LogP) is 2.48. The van der Waals surface area contributed by atoms with E-state index in [1.165, 1.54) is 0 Å². The first-order chi connectivity index (χ1) is 7.68. The van der Waals surface area contributed by atoms with Gasteiger partial charge in [-0.15, -0.1) is 0 Å². The normalized spacial score (nSPS) is 15.0. The molecule has 0 radical (unpaired) electrons. The van der Waals surface area contributed by atoms with E-state index in [0.29, 0.717) is 0 Å². The van der Waals surface area contributed by atoms with Crippen LogP contribution in [0.15, 0.2) is 0 Å². The van der Waals surface area contributed by atoms with Crippen molar-refractivity contribution in [1.29, 1.82) is 0 Å². The highest BCUT2D eigenvalue weighted by molar-refractivity contribution is 6.87. The third kappa shape index (κ3) is 8.71. The molecule has 0 spiro atoms. The van der Waals surface area contributed by atoms with E-state index in [-0.39, 0.29) is 0 Å². The van der Waals surface area contributed by atoms with E-state index < -0.39 is 34.2 Å². The Morgan fingerprint density at radius 3 is 1.28 bits per heavy atom. The molecule has 0 fully saturated rings. The number of hydrogen-bond acceptors (Lipinski definition) is 5. The highest BCUT2D eigenvalue weighted by atomic mass is 28.5. The van der Waals surface area contributed by atoms with Gasteiger partial charge in [0.25, 0.3) is 0 Å². The second kappa shape index (κ2) is 5.97. The zero-order valence-corrected chi connectivity index (χ0v) is 17.1. The average Bonchev–Trinajstić information content (AvgIpc) is 1.93. The lowest BCUT2D eigenvalue weighted by molar-refractivity contribution is 0.257. The molecule has 0 aliphatic carbocycles. The summed E-state index contributed by atoms with van der Waals surface area (Å²) in [6, 6.07) is 0. The Kier molecular flexibility index (Phi) is 6.19. The van der Waals surface area contributed by atoms with Crippen LogP contribution in [0.5, 0.6) is 0 Å². The lowest BCUT2D eigenvalue weighted by atomic mass is 11.8. The molecule has 0 aliphatic rings. The molecule has 0 aliphatic heterocycles. The Balaban J connectivity index is 4.66. The molecule has 0 aromatic heterocycles. The van der Waals surface area contributed by atoms with Gasteiger partial charge in [0.1, 0.15) is 0 Å². The van der Waals surface area contributed by atoms with E-state index >= 15 is 0 Å². The summed E-state index contributed by atoms with van der Waals surface area (Å²) in [5, 5.41) is 0. The van der Waals surface area contributed by atoms with E-state index in [9.17, 15) is 4.80 Å². The van der Waals surface area contributed by atoms with E-state index in [1.807, 2.05) is 39.3 Å². The van der Waals surface area contributed by atoms with Crippen molar-refractivity contribution in [2.24, 2.45) is 0 Å². The summed E-state index contributed by atoms with van der Waals surface area (Å²) in [4.78, 5) is 9.86. The maximum atomic E-state index is 9.86. The summed E-state index contributed by atoms with van der Waals surface area (Å²) in [6.45, 7) is 15.3. The largest absolute Gasteiger partial charge is 0.416 e.